The van der Waals surface area contributed by atoms with Crippen LogP contribution in [0.4, 0.5) is 0 Å². The predicted molar refractivity (Wildman–Crippen MR) is 101 cm³/mol. The first-order valence-electron chi connectivity index (χ1n) is 9.46. The number of rotatable bonds is 12. The summed E-state index contributed by atoms with van der Waals surface area (Å²) in [6, 6.07) is 0. The van der Waals surface area contributed by atoms with Crippen molar-refractivity contribution >= 4 is 24.2 Å². The van der Waals surface area contributed by atoms with Gasteiger partial charge in [-0.1, -0.05) is 52.4 Å². The minimum Gasteiger partial charge on any atom is -0.356 e. The van der Waals surface area contributed by atoms with E-state index >= 15 is 0 Å². The van der Waals surface area contributed by atoms with Crippen molar-refractivity contribution in [2.45, 2.75) is 65.2 Å². The fourth-order valence-corrected chi connectivity index (χ4v) is 3.02. The Kier molecular flexibility index (Phi) is 14.0. The van der Waals surface area contributed by atoms with Crippen LogP contribution in [0.3, 0.4) is 0 Å². The summed E-state index contributed by atoms with van der Waals surface area (Å²) in [6.07, 6.45) is 9.17. The molecule has 0 radical (unpaired) electrons. The molecule has 1 rings (SSSR count). The van der Waals surface area contributed by atoms with E-state index in [1.54, 1.807) is 0 Å². The van der Waals surface area contributed by atoms with Gasteiger partial charge in [0, 0.05) is 26.2 Å². The Balaban J connectivity index is 0.00000529. The van der Waals surface area contributed by atoms with Crippen LogP contribution < -0.4 is 16.0 Å². The number of carbonyl (C=O) groups is 2. The molecular formula is C18H36ClN3O2. The van der Waals surface area contributed by atoms with E-state index in [-0.39, 0.29) is 36.1 Å². The van der Waals surface area contributed by atoms with Gasteiger partial charge in [-0.2, -0.15) is 0 Å². The second-order valence-electron chi connectivity index (χ2n) is 6.57. The molecule has 24 heavy (non-hydrogen) atoms. The predicted octanol–water partition coefficient (Wildman–Crippen LogP) is 2.64. The van der Waals surface area contributed by atoms with Crippen molar-refractivity contribution in [2.75, 3.05) is 26.2 Å². The van der Waals surface area contributed by atoms with Gasteiger partial charge in [0.05, 0.1) is 11.8 Å². The van der Waals surface area contributed by atoms with Gasteiger partial charge in [-0.05, 0) is 12.8 Å². The third-order valence-electron chi connectivity index (χ3n) is 4.55. The highest BCUT2D eigenvalue weighted by Gasteiger charge is 2.37. The Morgan fingerprint density at radius 1 is 0.792 bits per heavy atom. The Morgan fingerprint density at radius 3 is 1.58 bits per heavy atom. The van der Waals surface area contributed by atoms with Crippen LogP contribution in [0.5, 0.6) is 0 Å². The average Bonchev–Trinajstić information content (AvgIpc) is 3.04. The monoisotopic (exact) mass is 361 g/mol. The molecule has 2 atom stereocenters. The summed E-state index contributed by atoms with van der Waals surface area (Å²) in [5.41, 5.74) is 0. The van der Waals surface area contributed by atoms with E-state index in [4.69, 9.17) is 0 Å². The van der Waals surface area contributed by atoms with Crippen LogP contribution in [0.1, 0.15) is 65.2 Å². The molecule has 2 unspecified atom stereocenters. The molecule has 3 N–H and O–H groups in total. The lowest BCUT2D eigenvalue weighted by molar-refractivity contribution is -0.132. The molecule has 0 aromatic heterocycles. The van der Waals surface area contributed by atoms with Gasteiger partial charge in [-0.25, -0.2) is 0 Å². The van der Waals surface area contributed by atoms with Crippen LogP contribution in [0.25, 0.3) is 0 Å². The van der Waals surface area contributed by atoms with Gasteiger partial charge in [0.2, 0.25) is 11.8 Å². The van der Waals surface area contributed by atoms with Gasteiger partial charge in [-0.3, -0.25) is 9.59 Å². The lowest BCUT2D eigenvalue weighted by Crippen LogP contribution is -2.42. The molecule has 1 heterocycles. The molecule has 0 bridgehead atoms. The van der Waals surface area contributed by atoms with Crippen LogP contribution >= 0.6 is 12.4 Å². The maximum atomic E-state index is 12.3. The van der Waals surface area contributed by atoms with Crippen molar-refractivity contribution in [3.63, 3.8) is 0 Å². The SMILES string of the molecule is CCCCCCNC(=O)C1CNCC1C(=O)NCCCCCC.Cl. The van der Waals surface area contributed by atoms with Crippen LogP contribution in [-0.2, 0) is 9.59 Å². The number of carbonyl (C=O) groups excluding carboxylic acids is 2. The minimum atomic E-state index is -0.225. The fourth-order valence-electron chi connectivity index (χ4n) is 3.02. The van der Waals surface area contributed by atoms with E-state index < -0.39 is 0 Å². The van der Waals surface area contributed by atoms with Gasteiger partial charge in [-0.15, -0.1) is 12.4 Å². The average molecular weight is 362 g/mol. The molecule has 1 aliphatic rings. The van der Waals surface area contributed by atoms with Crippen molar-refractivity contribution in [1.82, 2.24) is 16.0 Å². The minimum absolute atomic E-state index is 0. The van der Waals surface area contributed by atoms with Gasteiger partial charge < -0.3 is 16.0 Å². The first-order chi connectivity index (χ1) is 11.2. The Hall–Kier alpha value is -0.810. The van der Waals surface area contributed by atoms with Crippen LogP contribution in [-0.4, -0.2) is 38.0 Å². The van der Waals surface area contributed by atoms with Crippen molar-refractivity contribution < 1.29 is 9.59 Å². The van der Waals surface area contributed by atoms with Gasteiger partial charge >= 0.3 is 0 Å². The molecule has 0 spiro atoms. The molecular weight excluding hydrogens is 326 g/mol. The summed E-state index contributed by atoms with van der Waals surface area (Å²) in [5, 5.41) is 9.17. The summed E-state index contributed by atoms with van der Waals surface area (Å²) in [4.78, 5) is 24.6. The van der Waals surface area contributed by atoms with E-state index in [2.05, 4.69) is 29.8 Å². The highest BCUT2D eigenvalue weighted by molar-refractivity contribution is 5.88. The molecule has 1 fully saturated rings. The Morgan fingerprint density at radius 2 is 1.21 bits per heavy atom. The maximum absolute atomic E-state index is 12.3. The first-order valence-corrected chi connectivity index (χ1v) is 9.46. The van der Waals surface area contributed by atoms with Crippen molar-refractivity contribution in [3.05, 3.63) is 0 Å². The normalized spacial score (nSPS) is 19.6. The van der Waals surface area contributed by atoms with Crippen molar-refractivity contribution in [1.29, 1.82) is 0 Å². The van der Waals surface area contributed by atoms with Gasteiger partial charge in [0.25, 0.3) is 0 Å². The number of nitrogens with one attached hydrogen (secondary N) is 3. The number of unbranched alkanes of at least 4 members (excludes halogenated alkanes) is 6. The second kappa shape index (κ2) is 14.5. The zero-order valence-corrected chi connectivity index (χ0v) is 16.2. The second-order valence-corrected chi connectivity index (χ2v) is 6.57. The van der Waals surface area contributed by atoms with E-state index in [0.29, 0.717) is 13.1 Å². The fraction of sp³-hybridized carbons (Fsp3) is 0.889. The molecule has 1 saturated heterocycles. The van der Waals surface area contributed by atoms with E-state index in [1.165, 1.54) is 25.7 Å². The van der Waals surface area contributed by atoms with Crippen molar-refractivity contribution in [2.24, 2.45) is 11.8 Å². The molecule has 0 aromatic carbocycles. The lowest BCUT2D eigenvalue weighted by Gasteiger charge is -2.18. The summed E-state index contributed by atoms with van der Waals surface area (Å²) < 4.78 is 0. The molecule has 6 heteroatoms. The molecule has 142 valence electrons. The molecule has 2 amide bonds. The van der Waals surface area contributed by atoms with Crippen LogP contribution in [0, 0.1) is 11.8 Å². The topological polar surface area (TPSA) is 70.2 Å². The summed E-state index contributed by atoms with van der Waals surface area (Å²) in [7, 11) is 0. The largest absolute Gasteiger partial charge is 0.356 e. The first kappa shape index (κ1) is 23.2. The molecule has 0 aliphatic carbocycles. The smallest absolute Gasteiger partial charge is 0.225 e. The molecule has 5 nitrogen and oxygen atoms in total. The number of hydrogen-bond acceptors (Lipinski definition) is 3. The standard InChI is InChI=1S/C18H35N3O2.ClH/c1-3-5-7-9-11-20-17(22)15-13-19-14-16(15)18(23)21-12-10-8-6-4-2;/h15-16,19H,3-14H2,1-2H3,(H,20,22)(H,21,23);1H. The number of halogens is 1. The third kappa shape index (κ3) is 8.88. The Bertz CT molecular complexity index is 321. The molecule has 0 saturated carbocycles. The number of hydrogen-bond donors (Lipinski definition) is 3. The van der Waals surface area contributed by atoms with Gasteiger partial charge in [0.15, 0.2) is 0 Å². The highest BCUT2D eigenvalue weighted by atomic mass is 35.5. The van der Waals surface area contributed by atoms with E-state index in [0.717, 1.165) is 38.8 Å². The highest BCUT2D eigenvalue weighted by Crippen LogP contribution is 2.17. The zero-order valence-electron chi connectivity index (χ0n) is 15.4. The summed E-state index contributed by atoms with van der Waals surface area (Å²) in [5.74, 6) is -0.399. The van der Waals surface area contributed by atoms with Gasteiger partial charge in [0.1, 0.15) is 0 Å². The van der Waals surface area contributed by atoms with E-state index in [1.807, 2.05) is 0 Å². The zero-order chi connectivity index (χ0) is 16.9. The van der Waals surface area contributed by atoms with Crippen LogP contribution in [0.15, 0.2) is 0 Å². The number of amides is 2. The van der Waals surface area contributed by atoms with E-state index in [9.17, 15) is 9.59 Å². The Labute approximate surface area is 153 Å². The van der Waals surface area contributed by atoms with Crippen molar-refractivity contribution in [3.8, 4) is 0 Å². The van der Waals surface area contributed by atoms with Crippen LogP contribution in [0.2, 0.25) is 0 Å². The summed E-state index contributed by atoms with van der Waals surface area (Å²) >= 11 is 0. The molecule has 1 aliphatic heterocycles. The lowest BCUT2D eigenvalue weighted by atomic mass is 9.94. The third-order valence-corrected chi connectivity index (χ3v) is 4.55. The quantitative estimate of drug-likeness (QED) is 0.468. The maximum Gasteiger partial charge on any atom is 0.225 e. The summed E-state index contributed by atoms with van der Waals surface area (Å²) in [6.45, 7) is 7.01. The molecule has 0 aromatic rings.